The zero-order valence-corrected chi connectivity index (χ0v) is 17.0. The van der Waals surface area contributed by atoms with E-state index < -0.39 is 11.8 Å². The summed E-state index contributed by atoms with van der Waals surface area (Å²) in [6.07, 6.45) is 1.59. The lowest BCUT2D eigenvalue weighted by Gasteiger charge is -2.09. The number of nitrogens with zero attached hydrogens (tertiary/aromatic N) is 2. The lowest BCUT2D eigenvalue weighted by Crippen LogP contribution is -2.41. The predicted molar refractivity (Wildman–Crippen MR) is 108 cm³/mol. The van der Waals surface area contributed by atoms with Crippen LogP contribution in [-0.4, -0.2) is 21.6 Å². The van der Waals surface area contributed by atoms with Gasteiger partial charge in [0.25, 0.3) is 11.8 Å². The minimum Gasteiger partial charge on any atom is -0.489 e. The van der Waals surface area contributed by atoms with Crippen LogP contribution in [0.3, 0.4) is 0 Å². The van der Waals surface area contributed by atoms with E-state index in [0.717, 1.165) is 15.8 Å². The highest BCUT2D eigenvalue weighted by Crippen LogP contribution is 2.17. The molecular weight excluding hydrogens is 424 g/mol. The average Bonchev–Trinajstić information content (AvgIpc) is 3.04. The van der Waals surface area contributed by atoms with E-state index in [4.69, 9.17) is 4.74 Å². The lowest BCUT2D eigenvalue weighted by molar-refractivity contribution is 0.0846. The Morgan fingerprint density at radius 3 is 2.29 bits per heavy atom. The molecular formula is C20H19BrN4O3. The number of carbonyl (C=O) groups excluding carboxylic acids is 2. The summed E-state index contributed by atoms with van der Waals surface area (Å²) in [5.74, 6) is -0.0628. The third kappa shape index (κ3) is 4.98. The molecule has 2 aromatic carbocycles. The summed E-state index contributed by atoms with van der Waals surface area (Å²) >= 11 is 3.38. The molecule has 0 aliphatic rings. The number of benzene rings is 2. The van der Waals surface area contributed by atoms with Crippen molar-refractivity contribution in [2.75, 3.05) is 0 Å². The zero-order valence-electron chi connectivity index (χ0n) is 15.4. The maximum absolute atomic E-state index is 12.2. The third-order valence-corrected chi connectivity index (χ3v) is 4.51. The molecule has 0 bridgehead atoms. The smallest absolute Gasteiger partial charge is 0.273 e. The molecule has 0 aliphatic heterocycles. The van der Waals surface area contributed by atoms with Gasteiger partial charge in [0.2, 0.25) is 0 Å². The Morgan fingerprint density at radius 2 is 1.68 bits per heavy atom. The van der Waals surface area contributed by atoms with Crippen LogP contribution in [0.2, 0.25) is 0 Å². The first-order valence-corrected chi connectivity index (χ1v) is 9.30. The quantitative estimate of drug-likeness (QED) is 0.594. The summed E-state index contributed by atoms with van der Waals surface area (Å²) in [6, 6.07) is 14.5. The standard InChI is InChI=1S/C20H19BrN4O3/c1-13-18(11-25(2)24-13)20(27)23-22-19(26)15-5-3-14(4-6-15)12-28-17-9-7-16(21)8-10-17/h3-11H,12H2,1-2H3,(H,22,26)(H,23,27). The summed E-state index contributed by atoms with van der Waals surface area (Å²) in [4.78, 5) is 24.3. The first-order chi connectivity index (χ1) is 13.4. The van der Waals surface area contributed by atoms with Gasteiger partial charge in [0, 0.05) is 23.3 Å². The van der Waals surface area contributed by atoms with Gasteiger partial charge >= 0.3 is 0 Å². The average molecular weight is 443 g/mol. The van der Waals surface area contributed by atoms with Gasteiger partial charge in [-0.15, -0.1) is 0 Å². The van der Waals surface area contributed by atoms with Crippen LogP contribution in [0, 0.1) is 6.92 Å². The fraction of sp³-hybridized carbons (Fsp3) is 0.150. The number of hydrogen-bond acceptors (Lipinski definition) is 4. The second-order valence-electron chi connectivity index (χ2n) is 6.15. The van der Waals surface area contributed by atoms with Crippen LogP contribution < -0.4 is 15.6 Å². The van der Waals surface area contributed by atoms with Gasteiger partial charge in [-0.05, 0) is 48.9 Å². The van der Waals surface area contributed by atoms with Gasteiger partial charge in [-0.3, -0.25) is 25.1 Å². The maximum Gasteiger partial charge on any atom is 0.273 e. The van der Waals surface area contributed by atoms with E-state index >= 15 is 0 Å². The first-order valence-electron chi connectivity index (χ1n) is 8.50. The fourth-order valence-corrected chi connectivity index (χ4v) is 2.79. The number of nitrogens with one attached hydrogen (secondary N) is 2. The van der Waals surface area contributed by atoms with Gasteiger partial charge in [0.15, 0.2) is 0 Å². The van der Waals surface area contributed by atoms with E-state index in [1.54, 1.807) is 49.1 Å². The molecule has 3 rings (SSSR count). The van der Waals surface area contributed by atoms with Gasteiger partial charge in [-0.2, -0.15) is 5.10 Å². The Bertz CT molecular complexity index is 982. The number of hydrogen-bond donors (Lipinski definition) is 2. The molecule has 2 N–H and O–H groups in total. The second kappa shape index (κ2) is 8.71. The number of halogens is 1. The van der Waals surface area contributed by atoms with Crippen molar-refractivity contribution in [3.05, 3.63) is 81.6 Å². The Morgan fingerprint density at radius 1 is 1.04 bits per heavy atom. The van der Waals surface area contributed by atoms with Gasteiger partial charge in [-0.25, -0.2) is 0 Å². The van der Waals surface area contributed by atoms with Gasteiger partial charge < -0.3 is 4.74 Å². The highest BCUT2D eigenvalue weighted by atomic mass is 79.9. The van der Waals surface area contributed by atoms with Crippen LogP contribution in [0.25, 0.3) is 0 Å². The molecule has 1 heterocycles. The number of ether oxygens (including phenoxy) is 1. The van der Waals surface area contributed by atoms with Gasteiger partial charge in [0.1, 0.15) is 12.4 Å². The van der Waals surface area contributed by atoms with E-state index in [0.29, 0.717) is 23.4 Å². The molecule has 144 valence electrons. The van der Waals surface area contributed by atoms with Crippen molar-refractivity contribution in [1.29, 1.82) is 0 Å². The van der Waals surface area contributed by atoms with Crippen molar-refractivity contribution in [2.24, 2.45) is 7.05 Å². The minimum absolute atomic E-state index is 0.389. The molecule has 3 aromatic rings. The molecule has 2 amide bonds. The molecule has 8 heteroatoms. The topological polar surface area (TPSA) is 85.3 Å². The first kappa shape index (κ1) is 19.6. The van der Waals surface area contributed by atoms with Crippen molar-refractivity contribution in [2.45, 2.75) is 13.5 Å². The molecule has 0 saturated heterocycles. The molecule has 0 saturated carbocycles. The molecule has 0 radical (unpaired) electrons. The van der Waals surface area contributed by atoms with Crippen LogP contribution in [0.15, 0.2) is 59.2 Å². The number of carbonyl (C=O) groups is 2. The van der Waals surface area contributed by atoms with Crippen LogP contribution in [-0.2, 0) is 13.7 Å². The van der Waals surface area contributed by atoms with Crippen LogP contribution in [0.4, 0.5) is 0 Å². The molecule has 28 heavy (non-hydrogen) atoms. The number of hydrazine groups is 1. The zero-order chi connectivity index (χ0) is 20.1. The van der Waals surface area contributed by atoms with Crippen molar-refractivity contribution >= 4 is 27.7 Å². The maximum atomic E-state index is 12.2. The molecule has 0 spiro atoms. The normalized spacial score (nSPS) is 10.4. The summed E-state index contributed by atoms with van der Waals surface area (Å²) in [6.45, 7) is 2.12. The van der Waals surface area contributed by atoms with E-state index in [1.165, 1.54) is 0 Å². The third-order valence-electron chi connectivity index (χ3n) is 3.98. The Labute approximate surface area is 170 Å². The number of aryl methyl sites for hydroxylation is 2. The van der Waals surface area contributed by atoms with Gasteiger partial charge in [-0.1, -0.05) is 28.1 Å². The Balaban J connectivity index is 1.52. The SMILES string of the molecule is Cc1nn(C)cc1C(=O)NNC(=O)c1ccc(COc2ccc(Br)cc2)cc1. The lowest BCUT2D eigenvalue weighted by atomic mass is 10.1. The van der Waals surface area contributed by atoms with E-state index in [9.17, 15) is 9.59 Å². The largest absolute Gasteiger partial charge is 0.489 e. The summed E-state index contributed by atoms with van der Waals surface area (Å²) in [7, 11) is 1.73. The fourth-order valence-electron chi connectivity index (χ4n) is 2.53. The predicted octanol–water partition coefficient (Wildman–Crippen LogP) is 3.14. The van der Waals surface area contributed by atoms with E-state index in [-0.39, 0.29) is 0 Å². The molecule has 1 aromatic heterocycles. The number of aromatic nitrogens is 2. The second-order valence-corrected chi connectivity index (χ2v) is 7.07. The molecule has 0 unspecified atom stereocenters. The van der Waals surface area contributed by atoms with Crippen molar-refractivity contribution in [3.63, 3.8) is 0 Å². The molecule has 0 aliphatic carbocycles. The number of rotatable bonds is 5. The highest BCUT2D eigenvalue weighted by molar-refractivity contribution is 9.10. The van der Waals surface area contributed by atoms with Crippen molar-refractivity contribution in [3.8, 4) is 5.75 Å². The summed E-state index contributed by atoms with van der Waals surface area (Å²) < 4.78 is 8.23. The molecule has 0 fully saturated rings. The minimum atomic E-state index is -0.418. The summed E-state index contributed by atoms with van der Waals surface area (Å²) in [5, 5.41) is 4.10. The van der Waals surface area contributed by atoms with Crippen LogP contribution in [0.5, 0.6) is 5.75 Å². The van der Waals surface area contributed by atoms with Crippen LogP contribution in [0.1, 0.15) is 32.0 Å². The van der Waals surface area contributed by atoms with Gasteiger partial charge in [0.05, 0.1) is 11.3 Å². The van der Waals surface area contributed by atoms with Crippen LogP contribution >= 0.6 is 15.9 Å². The Kier molecular flexibility index (Phi) is 6.10. The van der Waals surface area contributed by atoms with E-state index in [1.807, 2.05) is 24.3 Å². The highest BCUT2D eigenvalue weighted by Gasteiger charge is 2.13. The number of amides is 2. The summed E-state index contributed by atoms with van der Waals surface area (Å²) in [5.41, 5.74) is 7.15. The molecule has 0 atom stereocenters. The van der Waals surface area contributed by atoms with E-state index in [2.05, 4.69) is 31.9 Å². The van der Waals surface area contributed by atoms with Crippen molar-refractivity contribution in [1.82, 2.24) is 20.6 Å². The van der Waals surface area contributed by atoms with Crippen molar-refractivity contribution < 1.29 is 14.3 Å². The monoisotopic (exact) mass is 442 g/mol. The molecule has 7 nitrogen and oxygen atoms in total. The Hall–Kier alpha value is -3.13.